The number of nitrogens with one attached hydrogen (secondary N) is 1. The molecule has 7 nitrogen and oxygen atoms in total. The average molecular weight is 417 g/mol. The fraction of sp³-hybridized carbons (Fsp3) is 0.222. The van der Waals surface area contributed by atoms with Crippen molar-refractivity contribution in [1.82, 2.24) is 15.2 Å². The molecule has 3 aromatic rings. The molecule has 0 unspecified atom stereocenters. The Morgan fingerprint density at radius 1 is 1.15 bits per heavy atom. The first-order chi connectivity index (χ1) is 12.3. The van der Waals surface area contributed by atoms with E-state index in [-0.39, 0.29) is 11.7 Å². The number of amides is 1. The summed E-state index contributed by atoms with van der Waals surface area (Å²) in [4.78, 5) is 16.3. The van der Waals surface area contributed by atoms with Crippen molar-refractivity contribution in [3.63, 3.8) is 0 Å². The molecule has 2 heterocycles. The van der Waals surface area contributed by atoms with E-state index < -0.39 is 11.7 Å². The number of carbonyl (C=O) groups excluding carboxylic acids is 1. The lowest BCUT2D eigenvalue weighted by Gasteiger charge is -2.19. The zero-order valence-electron chi connectivity index (χ0n) is 14.5. The highest BCUT2D eigenvalue weighted by molar-refractivity contribution is 9.10. The van der Waals surface area contributed by atoms with Crippen molar-refractivity contribution in [2.24, 2.45) is 0 Å². The smallest absolute Gasteiger partial charge is 0.413 e. The molecule has 0 saturated carbocycles. The third-order valence-electron chi connectivity index (χ3n) is 3.15. The van der Waals surface area contributed by atoms with E-state index in [0.29, 0.717) is 15.9 Å². The Hall–Kier alpha value is -2.74. The third-order valence-corrected chi connectivity index (χ3v) is 3.58. The van der Waals surface area contributed by atoms with Crippen LogP contribution in [0.3, 0.4) is 0 Å². The quantitative estimate of drug-likeness (QED) is 0.652. The van der Waals surface area contributed by atoms with Crippen molar-refractivity contribution in [2.45, 2.75) is 26.4 Å². The van der Waals surface area contributed by atoms with Gasteiger partial charge in [-0.2, -0.15) is 0 Å². The van der Waals surface area contributed by atoms with Gasteiger partial charge in [0.05, 0.1) is 5.56 Å². The summed E-state index contributed by atoms with van der Waals surface area (Å²) in [6, 6.07) is 11.2. The van der Waals surface area contributed by atoms with Gasteiger partial charge in [0.2, 0.25) is 5.89 Å². The minimum Gasteiger partial charge on any atom is -0.444 e. The van der Waals surface area contributed by atoms with Crippen LogP contribution in [0.25, 0.3) is 22.9 Å². The maximum Gasteiger partial charge on any atom is 0.413 e. The first kappa shape index (κ1) is 18.1. The number of rotatable bonds is 3. The average Bonchev–Trinajstić information content (AvgIpc) is 3.05. The van der Waals surface area contributed by atoms with Crippen molar-refractivity contribution in [3.05, 3.63) is 47.1 Å². The van der Waals surface area contributed by atoms with Gasteiger partial charge in [-0.15, -0.1) is 10.2 Å². The number of anilines is 1. The second-order valence-corrected chi connectivity index (χ2v) is 7.37. The van der Waals surface area contributed by atoms with E-state index >= 15 is 0 Å². The van der Waals surface area contributed by atoms with Crippen molar-refractivity contribution in [3.8, 4) is 22.9 Å². The van der Waals surface area contributed by atoms with Crippen LogP contribution in [0.2, 0.25) is 0 Å². The molecule has 2 aromatic heterocycles. The van der Waals surface area contributed by atoms with Crippen molar-refractivity contribution < 1.29 is 13.9 Å². The highest BCUT2D eigenvalue weighted by atomic mass is 79.9. The molecule has 1 amide bonds. The van der Waals surface area contributed by atoms with Gasteiger partial charge in [0.25, 0.3) is 5.89 Å². The number of carbonyl (C=O) groups is 1. The second-order valence-electron chi connectivity index (χ2n) is 6.45. The van der Waals surface area contributed by atoms with Gasteiger partial charge in [-0.1, -0.05) is 18.2 Å². The molecule has 0 atom stereocenters. The molecule has 26 heavy (non-hydrogen) atoms. The van der Waals surface area contributed by atoms with Crippen LogP contribution in [0.15, 0.2) is 51.5 Å². The molecule has 8 heteroatoms. The summed E-state index contributed by atoms with van der Waals surface area (Å²) in [5, 5.41) is 10.8. The SMILES string of the molecule is CC(C)(C)OC(=O)Nc1ncc(Br)cc1-c1nnc(-c2ccccc2)o1. The largest absolute Gasteiger partial charge is 0.444 e. The normalized spacial score (nSPS) is 11.2. The van der Waals surface area contributed by atoms with Gasteiger partial charge in [-0.25, -0.2) is 9.78 Å². The van der Waals surface area contributed by atoms with Crippen LogP contribution in [0, 0.1) is 0 Å². The van der Waals surface area contributed by atoms with Gasteiger partial charge < -0.3 is 9.15 Å². The number of halogens is 1. The molecule has 0 aliphatic carbocycles. The van der Waals surface area contributed by atoms with Gasteiger partial charge in [0, 0.05) is 16.2 Å². The van der Waals surface area contributed by atoms with Gasteiger partial charge in [-0.05, 0) is 54.9 Å². The zero-order chi connectivity index (χ0) is 18.7. The summed E-state index contributed by atoms with van der Waals surface area (Å²) < 4.78 is 11.7. The molecule has 0 bridgehead atoms. The third kappa shape index (κ3) is 4.45. The van der Waals surface area contributed by atoms with E-state index in [1.807, 2.05) is 30.3 Å². The molecule has 0 spiro atoms. The molecule has 0 aliphatic rings. The Labute approximate surface area is 158 Å². The van der Waals surface area contributed by atoms with Crippen molar-refractivity contribution in [2.75, 3.05) is 5.32 Å². The second kappa shape index (κ2) is 7.25. The fourth-order valence-electron chi connectivity index (χ4n) is 2.13. The van der Waals surface area contributed by atoms with Crippen LogP contribution >= 0.6 is 15.9 Å². The molecule has 1 N–H and O–H groups in total. The number of nitrogens with zero attached hydrogens (tertiary/aromatic N) is 3. The lowest BCUT2D eigenvalue weighted by Crippen LogP contribution is -2.27. The number of hydrogen-bond donors (Lipinski definition) is 1. The molecule has 134 valence electrons. The summed E-state index contributed by atoms with van der Waals surface area (Å²) in [6.45, 7) is 5.35. The molecule has 0 aliphatic heterocycles. The van der Waals surface area contributed by atoms with Crippen LogP contribution in [0.5, 0.6) is 0 Å². The van der Waals surface area contributed by atoms with Crippen molar-refractivity contribution >= 4 is 27.8 Å². The number of aromatic nitrogens is 3. The van der Waals surface area contributed by atoms with Crippen LogP contribution in [-0.2, 0) is 4.74 Å². The number of pyridine rings is 1. The van der Waals surface area contributed by atoms with Gasteiger partial charge in [0.15, 0.2) is 0 Å². The summed E-state index contributed by atoms with van der Waals surface area (Å²) in [7, 11) is 0. The Kier molecular flexibility index (Phi) is 5.03. The first-order valence-corrected chi connectivity index (χ1v) is 8.66. The van der Waals surface area contributed by atoms with Gasteiger partial charge >= 0.3 is 6.09 Å². The van der Waals surface area contributed by atoms with E-state index in [0.717, 1.165) is 5.56 Å². The minimum atomic E-state index is -0.620. The van der Waals surface area contributed by atoms with Crippen LogP contribution in [-0.4, -0.2) is 26.9 Å². The molecule has 3 rings (SSSR count). The standard InChI is InChI=1S/C18H17BrN4O3/c1-18(2,3)26-17(24)21-14-13(9-12(19)10-20-14)16-23-22-15(25-16)11-7-5-4-6-8-11/h4-10H,1-3H3,(H,20,21,24). The van der Waals surface area contributed by atoms with E-state index in [1.165, 1.54) is 0 Å². The lowest BCUT2D eigenvalue weighted by atomic mass is 10.2. The molecule has 0 saturated heterocycles. The molecular weight excluding hydrogens is 400 g/mol. The Morgan fingerprint density at radius 3 is 2.54 bits per heavy atom. The van der Waals surface area contributed by atoms with E-state index in [1.54, 1.807) is 33.0 Å². The van der Waals surface area contributed by atoms with Crippen molar-refractivity contribution in [1.29, 1.82) is 0 Å². The Balaban J connectivity index is 1.91. The summed E-state index contributed by atoms with van der Waals surface area (Å²) in [5.74, 6) is 0.887. The number of ether oxygens (including phenoxy) is 1. The molecule has 0 fully saturated rings. The monoisotopic (exact) mass is 416 g/mol. The maximum absolute atomic E-state index is 12.1. The van der Waals surface area contributed by atoms with Crippen LogP contribution in [0.4, 0.5) is 10.6 Å². The van der Waals surface area contributed by atoms with E-state index in [2.05, 4.69) is 36.4 Å². The molecule has 1 aromatic carbocycles. The maximum atomic E-state index is 12.1. The summed E-state index contributed by atoms with van der Waals surface area (Å²) >= 11 is 3.36. The zero-order valence-corrected chi connectivity index (χ0v) is 16.1. The Morgan fingerprint density at radius 2 is 1.85 bits per heavy atom. The number of benzene rings is 1. The fourth-order valence-corrected chi connectivity index (χ4v) is 2.46. The minimum absolute atomic E-state index is 0.240. The number of hydrogen-bond acceptors (Lipinski definition) is 6. The lowest BCUT2D eigenvalue weighted by molar-refractivity contribution is 0.0635. The first-order valence-electron chi connectivity index (χ1n) is 7.87. The predicted octanol–water partition coefficient (Wildman–Crippen LogP) is 4.91. The van der Waals surface area contributed by atoms with E-state index in [9.17, 15) is 4.79 Å². The summed E-state index contributed by atoms with van der Waals surface area (Å²) in [5.41, 5.74) is 0.667. The summed E-state index contributed by atoms with van der Waals surface area (Å²) in [6.07, 6.45) is 0.946. The highest BCUT2D eigenvalue weighted by Crippen LogP contribution is 2.30. The topological polar surface area (TPSA) is 90.1 Å². The molecular formula is C18H17BrN4O3. The van der Waals surface area contributed by atoms with Gasteiger partial charge in [-0.3, -0.25) is 5.32 Å². The highest BCUT2D eigenvalue weighted by Gasteiger charge is 2.20. The van der Waals surface area contributed by atoms with E-state index in [4.69, 9.17) is 9.15 Å². The van der Waals surface area contributed by atoms with Crippen LogP contribution < -0.4 is 5.32 Å². The Bertz CT molecular complexity index is 920. The predicted molar refractivity (Wildman–Crippen MR) is 101 cm³/mol. The van der Waals surface area contributed by atoms with Crippen LogP contribution in [0.1, 0.15) is 20.8 Å². The van der Waals surface area contributed by atoms with Gasteiger partial charge in [0.1, 0.15) is 11.4 Å². The molecule has 0 radical (unpaired) electrons.